The van der Waals surface area contributed by atoms with Crippen LogP contribution in [0.25, 0.3) is 0 Å². The molecule has 0 aliphatic rings. The molecule has 1 aromatic carbocycles. The zero-order chi connectivity index (χ0) is 12.3. The number of aromatic hydroxyl groups is 1. The average molecular weight is 224 g/mol. The zero-order valence-electron chi connectivity index (χ0n) is 8.93. The van der Waals surface area contributed by atoms with E-state index in [1.807, 2.05) is 0 Å². The van der Waals surface area contributed by atoms with Gasteiger partial charge in [0.25, 0.3) is 5.69 Å². The van der Waals surface area contributed by atoms with Crippen LogP contribution in [0.3, 0.4) is 0 Å². The molecule has 0 bridgehead atoms. The Morgan fingerprint density at radius 1 is 1.50 bits per heavy atom. The second-order valence-electron chi connectivity index (χ2n) is 3.60. The summed E-state index contributed by atoms with van der Waals surface area (Å²) in [6, 6.07) is 3.51. The first-order valence-corrected chi connectivity index (χ1v) is 4.70. The van der Waals surface area contributed by atoms with Crippen molar-refractivity contribution in [2.45, 2.75) is 13.8 Å². The predicted octanol–water partition coefficient (Wildman–Crippen LogP) is 1.89. The van der Waals surface area contributed by atoms with E-state index < -0.39 is 4.92 Å². The summed E-state index contributed by atoms with van der Waals surface area (Å²) < 4.78 is 0. The fourth-order valence-electron chi connectivity index (χ4n) is 1.02. The third-order valence-electron chi connectivity index (χ3n) is 1.97. The lowest BCUT2D eigenvalue weighted by atomic mass is 10.2. The summed E-state index contributed by atoms with van der Waals surface area (Å²) in [5.74, 6) is -0.804. The summed E-state index contributed by atoms with van der Waals surface area (Å²) >= 11 is 0. The Kier molecular flexibility index (Phi) is 3.44. The van der Waals surface area contributed by atoms with E-state index in [0.29, 0.717) is 0 Å². The molecule has 0 aromatic heterocycles. The van der Waals surface area contributed by atoms with Gasteiger partial charge in [-0.05, 0) is 6.07 Å². The smallest absolute Gasteiger partial charge is 0.273 e. The minimum Gasteiger partial charge on any atom is -0.506 e. The monoisotopic (exact) mass is 224 g/mol. The maximum absolute atomic E-state index is 11.3. The first-order valence-electron chi connectivity index (χ1n) is 4.70. The van der Waals surface area contributed by atoms with E-state index in [4.69, 9.17) is 0 Å². The van der Waals surface area contributed by atoms with Gasteiger partial charge in [0.15, 0.2) is 0 Å². The number of carbonyl (C=O) groups is 1. The van der Waals surface area contributed by atoms with Crippen molar-refractivity contribution in [3.05, 3.63) is 28.3 Å². The molecule has 0 aliphatic heterocycles. The van der Waals surface area contributed by atoms with Gasteiger partial charge < -0.3 is 10.4 Å². The molecule has 6 nitrogen and oxygen atoms in total. The number of hydrogen-bond acceptors (Lipinski definition) is 4. The number of rotatable bonds is 3. The van der Waals surface area contributed by atoms with Gasteiger partial charge in [-0.25, -0.2) is 0 Å². The van der Waals surface area contributed by atoms with Crippen molar-refractivity contribution in [3.8, 4) is 5.75 Å². The SMILES string of the molecule is CC(C)C(=O)Nc1ccc([N+](=O)[O-])cc1O. The van der Waals surface area contributed by atoms with Crippen LogP contribution < -0.4 is 5.32 Å². The Hall–Kier alpha value is -2.11. The number of nitro benzene ring substituents is 1. The van der Waals surface area contributed by atoms with Crippen LogP contribution in [-0.4, -0.2) is 15.9 Å². The Bertz CT molecular complexity index is 429. The minimum atomic E-state index is -0.617. The van der Waals surface area contributed by atoms with Crippen LogP contribution in [0.2, 0.25) is 0 Å². The normalized spacial score (nSPS) is 10.2. The average Bonchev–Trinajstić information content (AvgIpc) is 2.20. The molecule has 0 spiro atoms. The van der Waals surface area contributed by atoms with Crippen LogP contribution in [0, 0.1) is 16.0 Å². The summed E-state index contributed by atoms with van der Waals surface area (Å²) in [6.07, 6.45) is 0. The highest BCUT2D eigenvalue weighted by Gasteiger charge is 2.13. The molecule has 0 saturated heterocycles. The Morgan fingerprint density at radius 2 is 2.12 bits per heavy atom. The summed E-state index contributed by atoms with van der Waals surface area (Å²) in [4.78, 5) is 21.1. The molecule has 2 N–H and O–H groups in total. The highest BCUT2D eigenvalue weighted by molar-refractivity contribution is 5.93. The minimum absolute atomic E-state index is 0.171. The zero-order valence-corrected chi connectivity index (χ0v) is 8.93. The molecule has 86 valence electrons. The van der Waals surface area contributed by atoms with E-state index in [1.54, 1.807) is 13.8 Å². The topological polar surface area (TPSA) is 92.5 Å². The summed E-state index contributed by atoms with van der Waals surface area (Å²) in [7, 11) is 0. The third-order valence-corrected chi connectivity index (χ3v) is 1.97. The standard InChI is InChI=1S/C10H12N2O4/c1-6(2)10(14)11-8-4-3-7(12(15)16)5-9(8)13/h3-6,13H,1-2H3,(H,11,14). The fourth-order valence-corrected chi connectivity index (χ4v) is 1.02. The number of nitrogens with zero attached hydrogens (tertiary/aromatic N) is 1. The largest absolute Gasteiger partial charge is 0.506 e. The molecule has 0 radical (unpaired) electrons. The van der Waals surface area contributed by atoms with Crippen molar-refractivity contribution in [3.63, 3.8) is 0 Å². The van der Waals surface area contributed by atoms with Crippen molar-refractivity contribution < 1.29 is 14.8 Å². The van der Waals surface area contributed by atoms with Crippen LogP contribution in [0.5, 0.6) is 5.75 Å². The number of amides is 1. The van der Waals surface area contributed by atoms with Crippen LogP contribution in [0.4, 0.5) is 11.4 Å². The molecule has 1 amide bonds. The predicted molar refractivity (Wildman–Crippen MR) is 58.2 cm³/mol. The second kappa shape index (κ2) is 4.61. The van der Waals surface area contributed by atoms with Gasteiger partial charge in [0.05, 0.1) is 16.7 Å². The van der Waals surface area contributed by atoms with Gasteiger partial charge in [-0.15, -0.1) is 0 Å². The van der Waals surface area contributed by atoms with Crippen LogP contribution >= 0.6 is 0 Å². The number of non-ortho nitro benzene ring substituents is 1. The summed E-state index contributed by atoms with van der Waals surface area (Å²) in [5, 5.41) is 22.3. The number of phenolic OH excluding ortho intramolecular Hbond substituents is 1. The molecular weight excluding hydrogens is 212 g/mol. The maximum Gasteiger partial charge on any atom is 0.273 e. The van der Waals surface area contributed by atoms with E-state index in [0.717, 1.165) is 6.07 Å². The van der Waals surface area contributed by atoms with E-state index in [-0.39, 0.29) is 28.9 Å². The summed E-state index contributed by atoms with van der Waals surface area (Å²) in [5.41, 5.74) is -0.0515. The van der Waals surface area contributed by atoms with Gasteiger partial charge in [0, 0.05) is 12.0 Å². The number of carbonyl (C=O) groups excluding carboxylic acids is 1. The number of hydrogen-bond donors (Lipinski definition) is 2. The van der Waals surface area contributed by atoms with Crippen molar-refractivity contribution in [1.29, 1.82) is 0 Å². The van der Waals surface area contributed by atoms with Gasteiger partial charge in [-0.3, -0.25) is 14.9 Å². The van der Waals surface area contributed by atoms with Crippen LogP contribution in [-0.2, 0) is 4.79 Å². The lowest BCUT2D eigenvalue weighted by Crippen LogP contribution is -2.17. The maximum atomic E-state index is 11.3. The van der Waals surface area contributed by atoms with Gasteiger partial charge in [-0.1, -0.05) is 13.8 Å². The molecule has 1 aromatic rings. The van der Waals surface area contributed by atoms with Gasteiger partial charge >= 0.3 is 0 Å². The highest BCUT2D eigenvalue weighted by atomic mass is 16.6. The van der Waals surface area contributed by atoms with Crippen LogP contribution in [0.15, 0.2) is 18.2 Å². The first kappa shape index (κ1) is 12.0. The molecule has 0 atom stereocenters. The van der Waals surface area contributed by atoms with Crippen molar-refractivity contribution >= 4 is 17.3 Å². The fraction of sp³-hybridized carbons (Fsp3) is 0.300. The van der Waals surface area contributed by atoms with Gasteiger partial charge in [0.1, 0.15) is 5.75 Å². The number of phenols is 1. The van der Waals surface area contributed by atoms with E-state index >= 15 is 0 Å². The molecule has 1 rings (SSSR count). The second-order valence-corrected chi connectivity index (χ2v) is 3.60. The van der Waals surface area contributed by atoms with E-state index in [2.05, 4.69) is 5.32 Å². The number of nitro groups is 1. The van der Waals surface area contributed by atoms with Crippen LogP contribution in [0.1, 0.15) is 13.8 Å². The van der Waals surface area contributed by atoms with Gasteiger partial charge in [0.2, 0.25) is 5.91 Å². The summed E-state index contributed by atoms with van der Waals surface area (Å²) in [6.45, 7) is 3.41. The lowest BCUT2D eigenvalue weighted by Gasteiger charge is -2.08. The molecule has 0 saturated carbocycles. The van der Waals surface area contributed by atoms with Crippen molar-refractivity contribution in [2.24, 2.45) is 5.92 Å². The van der Waals surface area contributed by atoms with E-state index in [1.165, 1.54) is 12.1 Å². The third kappa shape index (κ3) is 2.69. The number of nitrogens with one attached hydrogen (secondary N) is 1. The first-order chi connectivity index (χ1) is 7.41. The molecule has 0 fully saturated rings. The highest BCUT2D eigenvalue weighted by Crippen LogP contribution is 2.28. The quantitative estimate of drug-likeness (QED) is 0.466. The van der Waals surface area contributed by atoms with Crippen molar-refractivity contribution in [2.75, 3.05) is 5.32 Å². The lowest BCUT2D eigenvalue weighted by molar-refractivity contribution is -0.384. The Balaban J connectivity index is 2.91. The molecular formula is C10H12N2O4. The Morgan fingerprint density at radius 3 is 2.56 bits per heavy atom. The van der Waals surface area contributed by atoms with Gasteiger partial charge in [-0.2, -0.15) is 0 Å². The van der Waals surface area contributed by atoms with Crippen molar-refractivity contribution in [1.82, 2.24) is 0 Å². The molecule has 6 heteroatoms. The molecule has 0 unspecified atom stereocenters. The molecule has 16 heavy (non-hydrogen) atoms. The molecule has 0 heterocycles. The molecule has 0 aliphatic carbocycles. The van der Waals surface area contributed by atoms with E-state index in [9.17, 15) is 20.0 Å². The number of anilines is 1. The number of benzene rings is 1. The Labute approximate surface area is 92.0 Å².